The van der Waals surface area contributed by atoms with Crippen molar-refractivity contribution in [3.05, 3.63) is 0 Å². The second-order valence-corrected chi connectivity index (χ2v) is 4.69. The third-order valence-corrected chi connectivity index (χ3v) is 2.65. The Hall–Kier alpha value is -0.120. The van der Waals surface area contributed by atoms with Gasteiger partial charge < -0.3 is 14.4 Å². The Kier molecular flexibility index (Phi) is 9.99. The van der Waals surface area contributed by atoms with E-state index in [1.165, 1.54) is 13.0 Å². The van der Waals surface area contributed by atoms with Crippen molar-refractivity contribution < 1.29 is 9.47 Å². The van der Waals surface area contributed by atoms with Gasteiger partial charge in [0.2, 0.25) is 0 Å². The molecule has 0 saturated heterocycles. The lowest BCUT2D eigenvalue weighted by atomic mass is 10.2. The van der Waals surface area contributed by atoms with Crippen LogP contribution in [0.1, 0.15) is 33.6 Å². The Morgan fingerprint density at radius 3 is 2.38 bits per heavy atom. The molecule has 3 nitrogen and oxygen atoms in total. The summed E-state index contributed by atoms with van der Waals surface area (Å²) >= 11 is 0. The molecule has 0 aromatic carbocycles. The number of methoxy groups -OCH3 is 1. The van der Waals surface area contributed by atoms with Crippen molar-refractivity contribution in [3.8, 4) is 0 Å². The van der Waals surface area contributed by atoms with E-state index in [4.69, 9.17) is 9.47 Å². The first-order valence-corrected chi connectivity index (χ1v) is 6.43. The number of ether oxygens (including phenoxy) is 2. The lowest BCUT2D eigenvalue weighted by Gasteiger charge is -2.23. The summed E-state index contributed by atoms with van der Waals surface area (Å²) in [4.78, 5) is 2.37. The molecule has 0 amide bonds. The maximum absolute atomic E-state index is 5.82. The third-order valence-electron chi connectivity index (χ3n) is 2.65. The van der Waals surface area contributed by atoms with Crippen LogP contribution in [0.15, 0.2) is 0 Å². The van der Waals surface area contributed by atoms with Gasteiger partial charge in [0.1, 0.15) is 0 Å². The summed E-state index contributed by atoms with van der Waals surface area (Å²) < 4.78 is 10.9. The van der Waals surface area contributed by atoms with E-state index in [-0.39, 0.29) is 6.10 Å². The molecule has 2 atom stereocenters. The molecule has 0 aliphatic heterocycles. The van der Waals surface area contributed by atoms with Crippen molar-refractivity contribution in [2.45, 2.75) is 39.7 Å². The molecule has 0 spiro atoms. The van der Waals surface area contributed by atoms with Gasteiger partial charge in [0.25, 0.3) is 0 Å². The van der Waals surface area contributed by atoms with Crippen LogP contribution >= 0.6 is 0 Å². The van der Waals surface area contributed by atoms with Crippen LogP contribution in [0.2, 0.25) is 0 Å². The zero-order valence-electron chi connectivity index (χ0n) is 11.7. The van der Waals surface area contributed by atoms with Crippen LogP contribution in [0.5, 0.6) is 0 Å². The van der Waals surface area contributed by atoms with Crippen molar-refractivity contribution in [1.82, 2.24) is 4.90 Å². The fraction of sp³-hybridized carbons (Fsp3) is 1.00. The summed E-state index contributed by atoms with van der Waals surface area (Å²) in [7, 11) is 3.90. The molecule has 0 aliphatic rings. The molecule has 0 aromatic heterocycles. The van der Waals surface area contributed by atoms with Gasteiger partial charge in [-0.3, -0.25) is 0 Å². The highest BCUT2D eigenvalue weighted by Crippen LogP contribution is 2.05. The van der Waals surface area contributed by atoms with E-state index in [1.54, 1.807) is 7.11 Å². The largest absolute Gasteiger partial charge is 0.382 e. The predicted molar refractivity (Wildman–Crippen MR) is 68.9 cm³/mol. The molecule has 0 aliphatic carbocycles. The van der Waals surface area contributed by atoms with E-state index in [2.05, 4.69) is 32.7 Å². The van der Waals surface area contributed by atoms with Crippen molar-refractivity contribution >= 4 is 0 Å². The fourth-order valence-corrected chi connectivity index (χ4v) is 1.83. The van der Waals surface area contributed by atoms with Crippen molar-refractivity contribution in [1.29, 1.82) is 0 Å². The van der Waals surface area contributed by atoms with Gasteiger partial charge in [-0.15, -0.1) is 0 Å². The maximum Gasteiger partial charge on any atom is 0.0805 e. The van der Waals surface area contributed by atoms with E-state index in [0.29, 0.717) is 12.5 Å². The normalized spacial score (nSPS) is 15.4. The molecule has 0 bridgehead atoms. The van der Waals surface area contributed by atoms with Crippen LogP contribution in [-0.4, -0.2) is 51.5 Å². The topological polar surface area (TPSA) is 21.7 Å². The Bertz CT molecular complexity index is 153. The number of nitrogens with zero attached hydrogens (tertiary/aromatic N) is 1. The third kappa shape index (κ3) is 8.08. The van der Waals surface area contributed by atoms with E-state index in [0.717, 1.165) is 19.6 Å². The first-order valence-electron chi connectivity index (χ1n) is 6.43. The molecule has 0 heterocycles. The first-order chi connectivity index (χ1) is 7.63. The highest BCUT2D eigenvalue weighted by Gasteiger charge is 2.10. The van der Waals surface area contributed by atoms with E-state index >= 15 is 0 Å². The predicted octanol–water partition coefficient (Wildman–Crippen LogP) is 2.41. The summed E-state index contributed by atoms with van der Waals surface area (Å²) in [5.41, 5.74) is 0. The molecule has 0 fully saturated rings. The molecule has 16 heavy (non-hydrogen) atoms. The van der Waals surface area contributed by atoms with Crippen LogP contribution < -0.4 is 0 Å². The molecule has 0 radical (unpaired) electrons. The van der Waals surface area contributed by atoms with Crippen LogP contribution in [-0.2, 0) is 9.47 Å². The summed E-state index contributed by atoms with van der Waals surface area (Å²) in [6.45, 7) is 10.4. The molecule has 0 aromatic rings. The SMILES string of the molecule is CCCN(C)CC(C)COC(CC)COC. The van der Waals surface area contributed by atoms with Gasteiger partial charge in [-0.1, -0.05) is 20.8 Å². The van der Waals surface area contributed by atoms with Gasteiger partial charge in [0.15, 0.2) is 0 Å². The molecular formula is C13H29NO2. The number of hydrogen-bond acceptors (Lipinski definition) is 3. The van der Waals surface area contributed by atoms with Crippen LogP contribution in [0.25, 0.3) is 0 Å². The Labute approximate surface area is 101 Å². The number of rotatable bonds is 10. The molecule has 0 saturated carbocycles. The van der Waals surface area contributed by atoms with Crippen LogP contribution in [0.4, 0.5) is 0 Å². The minimum absolute atomic E-state index is 0.254. The molecule has 98 valence electrons. The van der Waals surface area contributed by atoms with E-state index in [9.17, 15) is 0 Å². The van der Waals surface area contributed by atoms with Gasteiger partial charge in [-0.2, -0.15) is 0 Å². The van der Waals surface area contributed by atoms with Crippen molar-refractivity contribution in [2.75, 3.05) is 40.5 Å². The standard InChI is InChI=1S/C13H29NO2/c1-6-8-14(4)9-12(3)10-16-13(7-2)11-15-5/h12-13H,6-11H2,1-5H3. The summed E-state index contributed by atoms with van der Waals surface area (Å²) in [6, 6.07) is 0. The average molecular weight is 231 g/mol. The molecule has 0 rings (SSSR count). The smallest absolute Gasteiger partial charge is 0.0805 e. The summed E-state index contributed by atoms with van der Waals surface area (Å²) in [6.07, 6.45) is 2.49. The molecular weight excluding hydrogens is 202 g/mol. The zero-order valence-corrected chi connectivity index (χ0v) is 11.7. The summed E-state index contributed by atoms with van der Waals surface area (Å²) in [5.74, 6) is 0.586. The maximum atomic E-state index is 5.82. The van der Waals surface area contributed by atoms with Crippen molar-refractivity contribution in [3.63, 3.8) is 0 Å². The minimum Gasteiger partial charge on any atom is -0.382 e. The number of hydrogen-bond donors (Lipinski definition) is 0. The molecule has 3 heteroatoms. The molecule has 2 unspecified atom stereocenters. The van der Waals surface area contributed by atoms with E-state index in [1.807, 2.05) is 0 Å². The van der Waals surface area contributed by atoms with Crippen molar-refractivity contribution in [2.24, 2.45) is 5.92 Å². The monoisotopic (exact) mass is 231 g/mol. The average Bonchev–Trinajstić information content (AvgIpc) is 2.24. The van der Waals surface area contributed by atoms with Crippen LogP contribution in [0.3, 0.4) is 0 Å². The highest BCUT2D eigenvalue weighted by molar-refractivity contribution is 4.60. The Morgan fingerprint density at radius 1 is 1.19 bits per heavy atom. The first kappa shape index (κ1) is 15.9. The second-order valence-electron chi connectivity index (χ2n) is 4.69. The Balaban J connectivity index is 3.65. The zero-order chi connectivity index (χ0) is 12.4. The fourth-order valence-electron chi connectivity index (χ4n) is 1.83. The van der Waals surface area contributed by atoms with Gasteiger partial charge in [-0.05, 0) is 32.4 Å². The highest BCUT2D eigenvalue weighted by atomic mass is 16.5. The van der Waals surface area contributed by atoms with Gasteiger partial charge in [-0.25, -0.2) is 0 Å². The Morgan fingerprint density at radius 2 is 1.88 bits per heavy atom. The van der Waals surface area contributed by atoms with E-state index < -0.39 is 0 Å². The van der Waals surface area contributed by atoms with Gasteiger partial charge >= 0.3 is 0 Å². The van der Waals surface area contributed by atoms with Gasteiger partial charge in [0.05, 0.1) is 19.3 Å². The van der Waals surface area contributed by atoms with Gasteiger partial charge in [0, 0.05) is 13.7 Å². The second kappa shape index (κ2) is 10.1. The molecule has 0 N–H and O–H groups in total. The lowest BCUT2D eigenvalue weighted by Crippen LogP contribution is -2.29. The lowest BCUT2D eigenvalue weighted by molar-refractivity contribution is -0.0196. The summed E-state index contributed by atoms with van der Waals surface area (Å²) in [5, 5.41) is 0. The van der Waals surface area contributed by atoms with Crippen LogP contribution in [0, 0.1) is 5.92 Å². The quantitative estimate of drug-likeness (QED) is 0.576. The minimum atomic E-state index is 0.254.